The molecule has 0 aliphatic heterocycles. The quantitative estimate of drug-likeness (QED) is 0.101. The number of nitrogens with zero attached hydrogens (tertiary/aromatic N) is 3. The van der Waals surface area contributed by atoms with Gasteiger partial charge in [0.15, 0.2) is 0 Å². The number of allylic oxidation sites excluding steroid dienone is 2. The van der Waals surface area contributed by atoms with Crippen molar-refractivity contribution in [2.24, 2.45) is 5.73 Å². The summed E-state index contributed by atoms with van der Waals surface area (Å²) in [5.41, 5.74) is 8.59. The molecule has 4 N–H and O–H groups in total. The summed E-state index contributed by atoms with van der Waals surface area (Å²) in [6.45, 7) is 14.4. The van der Waals surface area contributed by atoms with Crippen LogP contribution in [0.15, 0.2) is 78.0 Å². The van der Waals surface area contributed by atoms with Gasteiger partial charge >= 0.3 is 0 Å². The Hall–Kier alpha value is -4.71. The van der Waals surface area contributed by atoms with Crippen molar-refractivity contribution in [3.63, 3.8) is 0 Å². The number of rotatable bonds is 14. The van der Waals surface area contributed by atoms with E-state index in [0.717, 1.165) is 11.1 Å². The van der Waals surface area contributed by atoms with Crippen LogP contribution in [0, 0.1) is 5.82 Å². The maximum Gasteiger partial charge on any atom is 0.282 e. The minimum absolute atomic E-state index is 0.0565. The molecule has 0 atom stereocenters. The number of carbonyl (C=O) groups excluding carboxylic acids is 1. The average molecular weight is 629 g/mol. The summed E-state index contributed by atoms with van der Waals surface area (Å²) in [7, 11) is 1.65. The number of nitrogens with two attached hydrogens (primary N) is 1. The van der Waals surface area contributed by atoms with Crippen molar-refractivity contribution >= 4 is 28.1 Å². The Morgan fingerprint density at radius 1 is 1.17 bits per heavy atom. The lowest BCUT2D eigenvalue weighted by atomic mass is 9.86. The van der Waals surface area contributed by atoms with Crippen LogP contribution in [0.5, 0.6) is 0 Å². The van der Waals surface area contributed by atoms with Crippen molar-refractivity contribution in [3.8, 4) is 5.69 Å². The van der Waals surface area contributed by atoms with Gasteiger partial charge < -0.3 is 25.8 Å². The summed E-state index contributed by atoms with van der Waals surface area (Å²) in [4.78, 5) is 30.5. The molecule has 0 saturated carbocycles. The lowest BCUT2D eigenvalue weighted by Gasteiger charge is -2.20. The Balaban J connectivity index is 1.70. The van der Waals surface area contributed by atoms with Crippen molar-refractivity contribution < 1.29 is 18.7 Å². The van der Waals surface area contributed by atoms with Crippen LogP contribution in [0.3, 0.4) is 0 Å². The van der Waals surface area contributed by atoms with Crippen LogP contribution >= 0.6 is 0 Å². The van der Waals surface area contributed by atoms with E-state index < -0.39 is 17.3 Å². The monoisotopic (exact) mass is 628 g/mol. The molecule has 1 amide bonds. The summed E-state index contributed by atoms with van der Waals surface area (Å²) in [6.07, 6.45) is 4.70. The second kappa shape index (κ2) is 15.0. The van der Waals surface area contributed by atoms with Gasteiger partial charge in [-0.2, -0.15) is 9.78 Å². The van der Waals surface area contributed by atoms with Gasteiger partial charge in [0.2, 0.25) is 0 Å². The third-order valence-electron chi connectivity index (χ3n) is 7.36. The molecule has 0 bridgehead atoms. The van der Waals surface area contributed by atoms with E-state index in [-0.39, 0.29) is 23.1 Å². The highest BCUT2D eigenvalue weighted by Crippen LogP contribution is 2.29. The highest BCUT2D eigenvalue weighted by Gasteiger charge is 2.21. The molecule has 11 heteroatoms. The van der Waals surface area contributed by atoms with Gasteiger partial charge in [-0.25, -0.2) is 9.37 Å². The van der Waals surface area contributed by atoms with Crippen molar-refractivity contribution in [2.75, 3.05) is 32.2 Å². The molecule has 2 heterocycles. The number of ether oxygens (including phenoxy) is 2. The maximum absolute atomic E-state index is 15.4. The van der Waals surface area contributed by atoms with Gasteiger partial charge in [-0.15, -0.1) is 0 Å². The molecule has 4 aromatic rings. The Bertz CT molecular complexity index is 1810. The van der Waals surface area contributed by atoms with Gasteiger partial charge in [-0.05, 0) is 64.9 Å². The average Bonchev–Trinajstić information content (AvgIpc) is 3.02. The first-order valence-electron chi connectivity index (χ1n) is 15.0. The van der Waals surface area contributed by atoms with Gasteiger partial charge in [0, 0.05) is 44.0 Å². The number of hydrogen-bond acceptors (Lipinski definition) is 8. The highest BCUT2D eigenvalue weighted by molar-refractivity contribution is 5.98. The van der Waals surface area contributed by atoms with E-state index in [9.17, 15) is 9.59 Å². The number of halogens is 1. The number of fused-ring (bicyclic) bond motifs is 1. The Morgan fingerprint density at radius 3 is 2.61 bits per heavy atom. The third kappa shape index (κ3) is 8.11. The number of amides is 1. The molecule has 10 nitrogen and oxygen atoms in total. The molecule has 0 saturated heterocycles. The van der Waals surface area contributed by atoms with Gasteiger partial charge in [-0.1, -0.05) is 45.5 Å². The molecule has 0 spiro atoms. The summed E-state index contributed by atoms with van der Waals surface area (Å²) in [6, 6.07) is 12.1. The minimum atomic E-state index is -0.715. The summed E-state index contributed by atoms with van der Waals surface area (Å²) < 4.78 is 27.4. The number of benzene rings is 2. The molecule has 0 unspecified atom stereocenters. The Kier molecular flexibility index (Phi) is 11.2. The van der Waals surface area contributed by atoms with E-state index in [4.69, 9.17) is 15.2 Å². The zero-order valence-corrected chi connectivity index (χ0v) is 26.9. The fourth-order valence-electron chi connectivity index (χ4n) is 4.84. The molecule has 2 aromatic carbocycles. The first kappa shape index (κ1) is 34.2. The molecule has 0 radical (unpaired) electrons. The fourth-order valence-corrected chi connectivity index (χ4v) is 4.84. The first-order chi connectivity index (χ1) is 21.9. The number of anilines is 1. The standard InChI is InChI=1S/C35H41FN6O4/c1-7-46-21-27-26(22(2)15-29(33(37)43)41-31-12-11-23(19-39-31)18-38-13-14-45-6)9-8-10-30(27)42-34(44)32-24(20-40-42)16-25(17-28(32)36)35(3,4)5/h8-12,15-17,19-20,38H,2,7,13-14,18,21H2,1,3-6H3,(H2,37,43)(H,39,41)/b29-15+. The lowest BCUT2D eigenvalue weighted by molar-refractivity contribution is -0.114. The van der Waals surface area contributed by atoms with Crippen LogP contribution in [-0.2, 0) is 32.8 Å². The van der Waals surface area contributed by atoms with Gasteiger partial charge in [0.1, 0.15) is 17.3 Å². The van der Waals surface area contributed by atoms with Gasteiger partial charge in [0.05, 0.1) is 30.5 Å². The van der Waals surface area contributed by atoms with Gasteiger partial charge in [0.25, 0.3) is 11.5 Å². The zero-order chi connectivity index (χ0) is 33.4. The maximum atomic E-state index is 15.4. The molecule has 0 aliphatic rings. The molecular formula is C35H41FN6O4. The topological polar surface area (TPSA) is 133 Å². The SMILES string of the molecule is C=C(/C=C(/Nc1ccc(CNCCOC)cn1)C(N)=O)c1cccc(-n2ncc3cc(C(C)(C)C)cc(F)c3c2=O)c1COCC. The van der Waals surface area contributed by atoms with Crippen LogP contribution in [0.4, 0.5) is 10.2 Å². The Labute approximate surface area is 268 Å². The smallest absolute Gasteiger partial charge is 0.282 e. The van der Waals surface area contributed by atoms with E-state index in [0.29, 0.717) is 59.9 Å². The largest absolute Gasteiger partial charge is 0.383 e. The molecule has 0 aliphatic carbocycles. The van der Waals surface area contributed by atoms with Crippen molar-refractivity contribution in [1.29, 1.82) is 0 Å². The predicted octanol–water partition coefficient (Wildman–Crippen LogP) is 4.98. The van der Waals surface area contributed by atoms with E-state index in [1.807, 2.05) is 33.8 Å². The minimum Gasteiger partial charge on any atom is -0.383 e. The van der Waals surface area contributed by atoms with Crippen molar-refractivity contribution in [2.45, 2.75) is 46.3 Å². The van der Waals surface area contributed by atoms with Crippen LogP contribution in [-0.4, -0.2) is 47.5 Å². The number of pyridine rings is 1. The highest BCUT2D eigenvalue weighted by atomic mass is 19.1. The zero-order valence-electron chi connectivity index (χ0n) is 26.9. The second-order valence-electron chi connectivity index (χ2n) is 11.8. The second-order valence-corrected chi connectivity index (χ2v) is 11.8. The molecule has 0 fully saturated rings. The Morgan fingerprint density at radius 2 is 1.96 bits per heavy atom. The van der Waals surface area contributed by atoms with Crippen molar-refractivity contribution in [3.05, 3.63) is 112 Å². The lowest BCUT2D eigenvalue weighted by Crippen LogP contribution is -2.24. The van der Waals surface area contributed by atoms with E-state index in [1.165, 1.54) is 23.0 Å². The number of primary amides is 1. The number of methoxy groups -OCH3 is 1. The summed E-state index contributed by atoms with van der Waals surface area (Å²) in [5.74, 6) is -0.904. The van der Waals surface area contributed by atoms with Crippen LogP contribution in [0.1, 0.15) is 49.9 Å². The van der Waals surface area contributed by atoms with Crippen LogP contribution in [0.2, 0.25) is 0 Å². The van der Waals surface area contributed by atoms with Gasteiger partial charge in [-0.3, -0.25) is 9.59 Å². The number of carbonyl (C=O) groups is 1. The molecule has 46 heavy (non-hydrogen) atoms. The fraction of sp³-hybridized carbons (Fsp3) is 0.314. The number of nitrogens with one attached hydrogen (secondary N) is 2. The van der Waals surface area contributed by atoms with Crippen LogP contribution < -0.4 is 21.9 Å². The summed E-state index contributed by atoms with van der Waals surface area (Å²) in [5, 5.41) is 11.0. The number of hydrogen-bond donors (Lipinski definition) is 3. The molecular weight excluding hydrogens is 587 g/mol. The first-order valence-corrected chi connectivity index (χ1v) is 15.0. The molecule has 242 valence electrons. The number of aromatic nitrogens is 3. The van der Waals surface area contributed by atoms with E-state index in [2.05, 4.69) is 27.3 Å². The van der Waals surface area contributed by atoms with E-state index in [1.54, 1.807) is 43.6 Å². The molecule has 4 rings (SSSR count). The third-order valence-corrected chi connectivity index (χ3v) is 7.36. The normalized spacial score (nSPS) is 12.0. The summed E-state index contributed by atoms with van der Waals surface area (Å²) >= 11 is 0. The molecule has 2 aromatic heterocycles. The van der Waals surface area contributed by atoms with E-state index >= 15 is 4.39 Å². The van der Waals surface area contributed by atoms with Crippen LogP contribution in [0.25, 0.3) is 22.0 Å². The predicted molar refractivity (Wildman–Crippen MR) is 179 cm³/mol. The van der Waals surface area contributed by atoms with Crippen molar-refractivity contribution in [1.82, 2.24) is 20.1 Å².